The lowest BCUT2D eigenvalue weighted by Crippen LogP contribution is -2.28. The minimum Gasteiger partial charge on any atom is -0.494 e. The van der Waals surface area contributed by atoms with E-state index >= 15 is 0 Å². The fourth-order valence-corrected chi connectivity index (χ4v) is 4.38. The van der Waals surface area contributed by atoms with Crippen LogP contribution in [0.25, 0.3) is 10.9 Å². The van der Waals surface area contributed by atoms with Crippen molar-refractivity contribution in [1.29, 1.82) is 0 Å². The molecule has 5 heteroatoms. The summed E-state index contributed by atoms with van der Waals surface area (Å²) in [4.78, 5) is 12.9. The van der Waals surface area contributed by atoms with E-state index in [4.69, 9.17) is 9.47 Å². The van der Waals surface area contributed by atoms with Gasteiger partial charge in [0, 0.05) is 49.6 Å². The molecule has 0 aliphatic heterocycles. The van der Waals surface area contributed by atoms with Crippen LogP contribution >= 0.6 is 0 Å². The Labute approximate surface area is 201 Å². The molecule has 4 rings (SSSR count). The summed E-state index contributed by atoms with van der Waals surface area (Å²) < 4.78 is 13.0. The zero-order valence-electron chi connectivity index (χ0n) is 19.9. The van der Waals surface area contributed by atoms with E-state index in [0.717, 1.165) is 28.9 Å². The van der Waals surface area contributed by atoms with Crippen LogP contribution in [0, 0.1) is 0 Å². The van der Waals surface area contributed by atoms with Crippen molar-refractivity contribution in [3.05, 3.63) is 102 Å². The molecule has 5 nitrogen and oxygen atoms in total. The first kappa shape index (κ1) is 23.6. The number of nitrogens with one attached hydrogen (secondary N) is 1. The van der Waals surface area contributed by atoms with Gasteiger partial charge < -0.3 is 19.4 Å². The number of aromatic nitrogens is 1. The van der Waals surface area contributed by atoms with Gasteiger partial charge >= 0.3 is 0 Å². The molecule has 0 spiro atoms. The summed E-state index contributed by atoms with van der Waals surface area (Å²) in [6, 6.07) is 27.0. The molecule has 1 amide bonds. The summed E-state index contributed by atoms with van der Waals surface area (Å²) in [6.45, 7) is 4.37. The Hall–Kier alpha value is -3.57. The fourth-order valence-electron chi connectivity index (χ4n) is 4.38. The Balaban J connectivity index is 1.72. The highest BCUT2D eigenvalue weighted by Crippen LogP contribution is 2.35. The van der Waals surface area contributed by atoms with E-state index in [1.165, 1.54) is 10.9 Å². The number of hydrogen-bond acceptors (Lipinski definition) is 3. The van der Waals surface area contributed by atoms with E-state index < -0.39 is 0 Å². The van der Waals surface area contributed by atoms with Gasteiger partial charge in [-0.15, -0.1) is 0 Å². The minimum absolute atomic E-state index is 0.0100. The van der Waals surface area contributed by atoms with Crippen LogP contribution in [0.15, 0.2) is 85.1 Å². The first-order chi connectivity index (χ1) is 16.7. The van der Waals surface area contributed by atoms with E-state index in [-0.39, 0.29) is 11.8 Å². The molecule has 0 aliphatic carbocycles. The Kier molecular flexibility index (Phi) is 7.99. The van der Waals surface area contributed by atoms with Crippen molar-refractivity contribution < 1.29 is 14.3 Å². The fraction of sp³-hybridized carbons (Fsp3) is 0.276. The average Bonchev–Trinajstić information content (AvgIpc) is 3.22. The van der Waals surface area contributed by atoms with Gasteiger partial charge in [-0.25, -0.2) is 0 Å². The number of para-hydroxylation sites is 1. The lowest BCUT2D eigenvalue weighted by molar-refractivity contribution is -0.121. The number of carbonyl (C=O) groups is 1. The molecular formula is C29H32N2O3. The molecule has 3 aromatic carbocycles. The second-order valence-corrected chi connectivity index (χ2v) is 8.32. The SMILES string of the molecule is CCOc1ccc([C@H](CC(=O)NCCOC)c2cn(Cc3ccccc3)c3ccccc23)cc1. The first-order valence-corrected chi connectivity index (χ1v) is 11.8. The van der Waals surface area contributed by atoms with Crippen LogP contribution in [0.1, 0.15) is 36.0 Å². The van der Waals surface area contributed by atoms with Gasteiger partial charge in [-0.1, -0.05) is 60.7 Å². The highest BCUT2D eigenvalue weighted by Gasteiger charge is 2.23. The van der Waals surface area contributed by atoms with E-state index in [2.05, 4.69) is 76.7 Å². The van der Waals surface area contributed by atoms with Crippen LogP contribution in [-0.2, 0) is 16.1 Å². The normalized spacial score (nSPS) is 11.9. The molecular weight excluding hydrogens is 424 g/mol. The molecule has 0 unspecified atom stereocenters. The third kappa shape index (κ3) is 5.67. The number of fused-ring (bicyclic) bond motifs is 1. The molecule has 0 fully saturated rings. The predicted molar refractivity (Wildman–Crippen MR) is 136 cm³/mol. The molecule has 1 heterocycles. The summed E-state index contributed by atoms with van der Waals surface area (Å²) in [6.07, 6.45) is 2.57. The van der Waals surface area contributed by atoms with Crippen LogP contribution < -0.4 is 10.1 Å². The summed E-state index contributed by atoms with van der Waals surface area (Å²) in [7, 11) is 1.64. The molecule has 1 atom stereocenters. The van der Waals surface area contributed by atoms with E-state index in [9.17, 15) is 4.79 Å². The molecule has 0 saturated carbocycles. The van der Waals surface area contributed by atoms with Crippen molar-refractivity contribution >= 4 is 16.8 Å². The summed E-state index contributed by atoms with van der Waals surface area (Å²) in [5, 5.41) is 4.15. The van der Waals surface area contributed by atoms with Gasteiger partial charge in [0.05, 0.1) is 13.2 Å². The maximum atomic E-state index is 12.9. The van der Waals surface area contributed by atoms with Gasteiger partial charge in [-0.2, -0.15) is 0 Å². The molecule has 0 aliphatic rings. The molecule has 176 valence electrons. The van der Waals surface area contributed by atoms with Crippen molar-refractivity contribution in [3.8, 4) is 5.75 Å². The second-order valence-electron chi connectivity index (χ2n) is 8.32. The zero-order chi connectivity index (χ0) is 23.8. The second kappa shape index (κ2) is 11.5. The minimum atomic E-state index is -0.0832. The molecule has 4 aromatic rings. The average molecular weight is 457 g/mol. The summed E-state index contributed by atoms with van der Waals surface area (Å²) in [5.74, 6) is 0.761. The van der Waals surface area contributed by atoms with E-state index in [1.807, 2.05) is 25.1 Å². The Morgan fingerprint density at radius 2 is 1.71 bits per heavy atom. The number of methoxy groups -OCH3 is 1. The van der Waals surface area contributed by atoms with Crippen LogP contribution in [-0.4, -0.2) is 37.3 Å². The van der Waals surface area contributed by atoms with Crippen LogP contribution in [0.3, 0.4) is 0 Å². The van der Waals surface area contributed by atoms with Gasteiger partial charge in [-0.05, 0) is 41.8 Å². The maximum Gasteiger partial charge on any atom is 0.221 e. The number of nitrogens with zero attached hydrogens (tertiary/aromatic N) is 1. The topological polar surface area (TPSA) is 52.5 Å². The third-order valence-corrected chi connectivity index (χ3v) is 6.00. The van der Waals surface area contributed by atoms with Gasteiger partial charge in [0.1, 0.15) is 5.75 Å². The molecule has 0 saturated heterocycles. The van der Waals surface area contributed by atoms with Crippen LogP contribution in [0.4, 0.5) is 0 Å². The van der Waals surface area contributed by atoms with Crippen molar-refractivity contribution in [3.63, 3.8) is 0 Å². The standard InChI is InChI=1S/C29H32N2O3/c1-3-34-24-15-13-23(14-16-24)26(19-29(32)30-17-18-33-2)27-21-31(20-22-9-5-4-6-10-22)28-12-8-7-11-25(27)28/h4-16,21,26H,3,17-20H2,1-2H3,(H,30,32)/t26-/m0/s1. The lowest BCUT2D eigenvalue weighted by Gasteiger charge is -2.18. The van der Waals surface area contributed by atoms with Crippen LogP contribution in [0.5, 0.6) is 5.75 Å². The molecule has 0 radical (unpaired) electrons. The number of rotatable bonds is 11. The highest BCUT2D eigenvalue weighted by atomic mass is 16.5. The largest absolute Gasteiger partial charge is 0.494 e. The van der Waals surface area contributed by atoms with Crippen molar-refractivity contribution in [2.45, 2.75) is 25.8 Å². The van der Waals surface area contributed by atoms with Gasteiger partial charge in [0.2, 0.25) is 5.91 Å². The number of hydrogen-bond donors (Lipinski definition) is 1. The number of benzene rings is 3. The molecule has 1 N–H and O–H groups in total. The monoisotopic (exact) mass is 456 g/mol. The van der Waals surface area contributed by atoms with Gasteiger partial charge in [-0.3, -0.25) is 4.79 Å². The maximum absolute atomic E-state index is 12.9. The number of carbonyl (C=O) groups excluding carboxylic acids is 1. The van der Waals surface area contributed by atoms with Gasteiger partial charge in [0.25, 0.3) is 0 Å². The quantitative estimate of drug-likeness (QED) is 0.309. The van der Waals surface area contributed by atoms with Crippen molar-refractivity contribution in [2.75, 3.05) is 26.9 Å². The van der Waals surface area contributed by atoms with Crippen molar-refractivity contribution in [2.24, 2.45) is 0 Å². The Morgan fingerprint density at radius 3 is 2.44 bits per heavy atom. The molecule has 34 heavy (non-hydrogen) atoms. The van der Waals surface area contributed by atoms with E-state index in [0.29, 0.717) is 26.2 Å². The number of ether oxygens (including phenoxy) is 2. The third-order valence-electron chi connectivity index (χ3n) is 6.00. The Bertz CT molecular complexity index is 1200. The smallest absolute Gasteiger partial charge is 0.221 e. The molecule has 0 bridgehead atoms. The van der Waals surface area contributed by atoms with E-state index in [1.54, 1.807) is 7.11 Å². The zero-order valence-corrected chi connectivity index (χ0v) is 19.9. The summed E-state index contributed by atoms with van der Waals surface area (Å²) in [5.41, 5.74) is 4.65. The molecule has 1 aromatic heterocycles. The first-order valence-electron chi connectivity index (χ1n) is 11.8. The Morgan fingerprint density at radius 1 is 0.971 bits per heavy atom. The lowest BCUT2D eigenvalue weighted by atomic mass is 9.88. The highest BCUT2D eigenvalue weighted by molar-refractivity contribution is 5.86. The predicted octanol–water partition coefficient (Wildman–Crippen LogP) is 5.37. The van der Waals surface area contributed by atoms with Gasteiger partial charge in [0.15, 0.2) is 0 Å². The van der Waals surface area contributed by atoms with Crippen molar-refractivity contribution in [1.82, 2.24) is 9.88 Å². The van der Waals surface area contributed by atoms with Crippen LogP contribution in [0.2, 0.25) is 0 Å². The number of amides is 1. The summed E-state index contributed by atoms with van der Waals surface area (Å²) >= 11 is 0.